The van der Waals surface area contributed by atoms with Gasteiger partial charge in [0.25, 0.3) is 0 Å². The highest BCUT2D eigenvalue weighted by Crippen LogP contribution is 2.58. The van der Waals surface area contributed by atoms with Gasteiger partial charge in [-0.15, -0.1) is 0 Å². The highest BCUT2D eigenvalue weighted by atomic mass is 15.1. The fourth-order valence-electron chi connectivity index (χ4n) is 10.9. The lowest BCUT2D eigenvalue weighted by Crippen LogP contribution is -2.18. The minimum atomic E-state index is -0.156. The van der Waals surface area contributed by atoms with Crippen molar-refractivity contribution in [2.75, 3.05) is 4.90 Å². The number of fused-ring (bicyclic) bond motifs is 11. The van der Waals surface area contributed by atoms with Crippen molar-refractivity contribution < 1.29 is 0 Å². The Bertz CT molecular complexity index is 2940. The lowest BCUT2D eigenvalue weighted by atomic mass is 9.80. The standard InChI is InChI=1S/C55H45N/c1-53(2)45-23-13-10-19-42(45)50-38(21-15-25-47(50)53)34-26-28-36(29-27-34)56(37-30-31-41-40-18-9-12-22-44(40)54(3,4)48(41)33-37)49-32-35-16-7-8-17-39(35)52-51(49)43-20-11-14-24-46(43)55(52,5)6/h7-33H,1-6H3. The fraction of sp³-hybridized carbons (Fsp3) is 0.164. The molecule has 270 valence electrons. The Balaban J connectivity index is 1.15. The summed E-state index contributed by atoms with van der Waals surface area (Å²) in [4.78, 5) is 2.54. The second-order valence-corrected chi connectivity index (χ2v) is 17.7. The van der Waals surface area contributed by atoms with E-state index < -0.39 is 0 Å². The van der Waals surface area contributed by atoms with E-state index in [0.717, 1.165) is 5.69 Å². The van der Waals surface area contributed by atoms with Gasteiger partial charge in [0.05, 0.1) is 5.69 Å². The molecule has 0 fully saturated rings. The van der Waals surface area contributed by atoms with Crippen LogP contribution in [0.5, 0.6) is 0 Å². The van der Waals surface area contributed by atoms with E-state index in [1.807, 2.05) is 0 Å². The smallest absolute Gasteiger partial charge is 0.0549 e. The van der Waals surface area contributed by atoms with Crippen LogP contribution in [0.4, 0.5) is 17.1 Å². The molecule has 3 aliphatic rings. The first-order chi connectivity index (χ1) is 27.1. The van der Waals surface area contributed by atoms with Gasteiger partial charge in [-0.2, -0.15) is 0 Å². The molecule has 8 aromatic rings. The van der Waals surface area contributed by atoms with Crippen molar-refractivity contribution in [2.45, 2.75) is 57.8 Å². The van der Waals surface area contributed by atoms with Crippen molar-refractivity contribution in [2.24, 2.45) is 0 Å². The van der Waals surface area contributed by atoms with Crippen LogP contribution in [-0.4, -0.2) is 0 Å². The summed E-state index contributed by atoms with van der Waals surface area (Å²) in [5.41, 5.74) is 22.2. The van der Waals surface area contributed by atoms with Crippen LogP contribution in [0, 0.1) is 0 Å². The normalized spacial score (nSPS) is 15.8. The summed E-state index contributed by atoms with van der Waals surface area (Å²) in [5.74, 6) is 0. The zero-order valence-corrected chi connectivity index (χ0v) is 33.0. The molecule has 0 unspecified atom stereocenters. The monoisotopic (exact) mass is 719 g/mol. The van der Waals surface area contributed by atoms with E-state index in [2.05, 4.69) is 210 Å². The van der Waals surface area contributed by atoms with Crippen molar-refractivity contribution >= 4 is 27.8 Å². The molecule has 0 atom stereocenters. The molecule has 0 saturated heterocycles. The number of hydrogen-bond donors (Lipinski definition) is 0. The summed E-state index contributed by atoms with van der Waals surface area (Å²) in [6.45, 7) is 14.3. The third kappa shape index (κ3) is 4.37. The summed E-state index contributed by atoms with van der Waals surface area (Å²) < 4.78 is 0. The van der Waals surface area contributed by atoms with Crippen LogP contribution in [0.1, 0.15) is 74.9 Å². The molecule has 0 spiro atoms. The van der Waals surface area contributed by atoms with Crippen LogP contribution in [0.3, 0.4) is 0 Å². The summed E-state index contributed by atoms with van der Waals surface area (Å²) in [5, 5.41) is 2.59. The van der Waals surface area contributed by atoms with Crippen molar-refractivity contribution in [3.8, 4) is 44.5 Å². The largest absolute Gasteiger partial charge is 0.310 e. The Morgan fingerprint density at radius 3 is 1.61 bits per heavy atom. The Kier molecular flexibility index (Phi) is 6.77. The van der Waals surface area contributed by atoms with Gasteiger partial charge in [-0.25, -0.2) is 0 Å². The van der Waals surface area contributed by atoms with E-state index in [9.17, 15) is 0 Å². The molecule has 1 heteroatoms. The van der Waals surface area contributed by atoms with E-state index in [-0.39, 0.29) is 16.2 Å². The highest BCUT2D eigenvalue weighted by Gasteiger charge is 2.41. The van der Waals surface area contributed by atoms with Crippen molar-refractivity contribution in [3.05, 3.63) is 197 Å². The Hall–Kier alpha value is -6.18. The van der Waals surface area contributed by atoms with Gasteiger partial charge in [0.1, 0.15) is 0 Å². The van der Waals surface area contributed by atoms with E-state index in [1.165, 1.54) is 100 Å². The van der Waals surface area contributed by atoms with Crippen LogP contribution in [0.15, 0.2) is 164 Å². The highest BCUT2D eigenvalue weighted by molar-refractivity contribution is 6.06. The van der Waals surface area contributed by atoms with Gasteiger partial charge in [0.2, 0.25) is 0 Å². The predicted molar refractivity (Wildman–Crippen MR) is 237 cm³/mol. The van der Waals surface area contributed by atoms with Crippen molar-refractivity contribution in [3.63, 3.8) is 0 Å². The Morgan fingerprint density at radius 2 is 0.875 bits per heavy atom. The first kappa shape index (κ1) is 33.2. The van der Waals surface area contributed by atoms with Gasteiger partial charge >= 0.3 is 0 Å². The molecular weight excluding hydrogens is 675 g/mol. The van der Waals surface area contributed by atoms with Gasteiger partial charge in [0.15, 0.2) is 0 Å². The topological polar surface area (TPSA) is 3.24 Å². The maximum atomic E-state index is 2.54. The molecule has 0 aliphatic heterocycles. The summed E-state index contributed by atoms with van der Waals surface area (Å²) in [6, 6.07) is 61.8. The van der Waals surface area contributed by atoms with Gasteiger partial charge in [-0.05, 0) is 113 Å². The van der Waals surface area contributed by atoms with Crippen LogP contribution in [0.25, 0.3) is 55.3 Å². The molecule has 56 heavy (non-hydrogen) atoms. The predicted octanol–water partition coefficient (Wildman–Crippen LogP) is 14.9. The van der Waals surface area contributed by atoms with Crippen molar-refractivity contribution in [1.29, 1.82) is 0 Å². The number of benzene rings is 8. The molecule has 0 radical (unpaired) electrons. The zero-order chi connectivity index (χ0) is 38.1. The molecule has 1 nitrogen and oxygen atoms in total. The van der Waals surface area contributed by atoms with E-state index in [4.69, 9.17) is 0 Å². The van der Waals surface area contributed by atoms with Gasteiger partial charge < -0.3 is 4.90 Å². The number of anilines is 3. The van der Waals surface area contributed by atoms with Crippen LogP contribution < -0.4 is 4.90 Å². The van der Waals surface area contributed by atoms with Gasteiger partial charge in [-0.1, -0.05) is 175 Å². The zero-order valence-electron chi connectivity index (χ0n) is 33.0. The minimum Gasteiger partial charge on any atom is -0.310 e. The molecule has 11 rings (SSSR count). The van der Waals surface area contributed by atoms with E-state index in [1.54, 1.807) is 0 Å². The van der Waals surface area contributed by atoms with Crippen LogP contribution in [-0.2, 0) is 16.2 Å². The molecule has 0 bridgehead atoms. The van der Waals surface area contributed by atoms with E-state index in [0.29, 0.717) is 0 Å². The number of nitrogens with zero attached hydrogens (tertiary/aromatic N) is 1. The van der Waals surface area contributed by atoms with Crippen LogP contribution in [0.2, 0.25) is 0 Å². The molecule has 0 heterocycles. The second-order valence-electron chi connectivity index (χ2n) is 17.7. The number of rotatable bonds is 4. The quantitative estimate of drug-likeness (QED) is 0.175. The van der Waals surface area contributed by atoms with Gasteiger partial charge in [0, 0.05) is 33.2 Å². The Labute approximate surface area is 330 Å². The lowest BCUT2D eigenvalue weighted by Gasteiger charge is -2.31. The third-order valence-electron chi connectivity index (χ3n) is 13.6. The molecule has 3 aliphatic carbocycles. The molecule has 0 N–H and O–H groups in total. The van der Waals surface area contributed by atoms with E-state index >= 15 is 0 Å². The summed E-state index contributed by atoms with van der Waals surface area (Å²) in [7, 11) is 0. The first-order valence-corrected chi connectivity index (χ1v) is 20.1. The molecular formula is C55H45N. The molecule has 0 aromatic heterocycles. The van der Waals surface area contributed by atoms with Crippen molar-refractivity contribution in [1.82, 2.24) is 0 Å². The number of hydrogen-bond acceptors (Lipinski definition) is 1. The SMILES string of the molecule is CC1(C)c2ccccc2-c2ccc(N(c3ccc(-c4cccc5c4-c4ccccc4C5(C)C)cc3)c3cc4ccccc4c4c3-c3ccccc3C4(C)C)cc21. The average Bonchev–Trinajstić information content (AvgIpc) is 3.71. The third-order valence-corrected chi connectivity index (χ3v) is 13.6. The summed E-state index contributed by atoms with van der Waals surface area (Å²) in [6.07, 6.45) is 0. The minimum absolute atomic E-state index is 0.0415. The van der Waals surface area contributed by atoms with Crippen LogP contribution >= 0.6 is 0 Å². The average molecular weight is 720 g/mol. The van der Waals surface area contributed by atoms with Gasteiger partial charge in [-0.3, -0.25) is 0 Å². The summed E-state index contributed by atoms with van der Waals surface area (Å²) >= 11 is 0. The maximum Gasteiger partial charge on any atom is 0.0549 e. The molecule has 8 aromatic carbocycles. The molecule has 0 saturated carbocycles. The lowest BCUT2D eigenvalue weighted by molar-refractivity contribution is 0.660. The fourth-order valence-corrected chi connectivity index (χ4v) is 10.9. The molecule has 0 amide bonds. The maximum absolute atomic E-state index is 2.54. The Morgan fingerprint density at radius 1 is 0.357 bits per heavy atom. The first-order valence-electron chi connectivity index (χ1n) is 20.1. The second kappa shape index (κ2) is 11.4.